The minimum atomic E-state index is -0.619. The highest BCUT2D eigenvalue weighted by molar-refractivity contribution is 6.62. The fraction of sp³-hybridized carbons (Fsp3) is 0.500. The Balaban J connectivity index is 3.10. The van der Waals surface area contributed by atoms with E-state index >= 15 is 0 Å². The average Bonchev–Trinajstić information content (AvgIpc) is 2.15. The fourth-order valence-corrected chi connectivity index (χ4v) is 0.678. The minimum Gasteiger partial charge on any atom is -0.460 e. The van der Waals surface area contributed by atoms with Gasteiger partial charge in [0.25, 0.3) is 0 Å². The summed E-state index contributed by atoms with van der Waals surface area (Å²) in [6, 6.07) is 0. The van der Waals surface area contributed by atoms with Crippen molar-refractivity contribution in [2.24, 2.45) is 0 Å². The number of hydrogen-bond acceptors (Lipinski definition) is 4. The van der Waals surface area contributed by atoms with Crippen LogP contribution in [0.2, 0.25) is 0 Å². The van der Waals surface area contributed by atoms with Crippen LogP contribution in [-0.4, -0.2) is 37.7 Å². The molecule has 0 radical (unpaired) electrons. The third-order valence-corrected chi connectivity index (χ3v) is 1.28. The van der Waals surface area contributed by atoms with Gasteiger partial charge in [-0.2, -0.15) is 0 Å². The van der Waals surface area contributed by atoms with E-state index in [9.17, 15) is 9.59 Å². The first-order valence-corrected chi connectivity index (χ1v) is 4.35. The Bertz CT molecular complexity index is 208. The number of ether oxygens (including phenoxy) is 2. The van der Waals surface area contributed by atoms with Gasteiger partial charge in [0, 0.05) is 12.6 Å². The number of rotatable bonds is 7. The molecular weight excluding hydrogens is 210 g/mol. The van der Waals surface area contributed by atoms with Gasteiger partial charge in [0.15, 0.2) is 0 Å². The standard InChI is InChI=1S/C8H12ClNO4/c1-2-7(11)14-6-5-13-4-3-10-8(9)12/h2H,1,3-6H2,(H,10,12). The number of carbonyl (C=O) groups is 2. The zero-order valence-corrected chi connectivity index (χ0v) is 8.38. The smallest absolute Gasteiger partial charge is 0.330 e. The molecule has 0 saturated carbocycles. The highest BCUT2D eigenvalue weighted by Crippen LogP contribution is 1.81. The number of amides is 1. The van der Waals surface area contributed by atoms with Crippen LogP contribution in [0.5, 0.6) is 0 Å². The molecule has 0 aliphatic rings. The van der Waals surface area contributed by atoms with Crippen LogP contribution in [0.3, 0.4) is 0 Å². The van der Waals surface area contributed by atoms with Gasteiger partial charge >= 0.3 is 11.3 Å². The Morgan fingerprint density at radius 3 is 2.64 bits per heavy atom. The lowest BCUT2D eigenvalue weighted by atomic mass is 10.6. The third kappa shape index (κ3) is 9.02. The van der Waals surface area contributed by atoms with Crippen molar-refractivity contribution in [3.05, 3.63) is 12.7 Å². The Labute approximate surface area is 87.0 Å². The van der Waals surface area contributed by atoms with Crippen molar-refractivity contribution >= 4 is 22.9 Å². The van der Waals surface area contributed by atoms with Crippen LogP contribution in [0.1, 0.15) is 0 Å². The van der Waals surface area contributed by atoms with E-state index < -0.39 is 11.3 Å². The van der Waals surface area contributed by atoms with Crippen LogP contribution >= 0.6 is 11.6 Å². The molecule has 0 fully saturated rings. The summed E-state index contributed by atoms with van der Waals surface area (Å²) >= 11 is 4.99. The second-order valence-corrected chi connectivity index (χ2v) is 2.53. The lowest BCUT2D eigenvalue weighted by molar-refractivity contribution is -0.139. The van der Waals surface area contributed by atoms with Gasteiger partial charge in [0.05, 0.1) is 13.2 Å². The molecule has 5 nitrogen and oxygen atoms in total. The zero-order valence-electron chi connectivity index (χ0n) is 7.62. The SMILES string of the molecule is C=CC(=O)OCCOCCNC(=O)Cl. The predicted octanol–water partition coefficient (Wildman–Crippen LogP) is 0.681. The Morgan fingerprint density at radius 1 is 1.36 bits per heavy atom. The van der Waals surface area contributed by atoms with Gasteiger partial charge in [-0.1, -0.05) is 6.58 Å². The second-order valence-electron chi connectivity index (χ2n) is 2.18. The normalized spacial score (nSPS) is 9.21. The molecule has 0 spiro atoms. The van der Waals surface area contributed by atoms with E-state index in [1.165, 1.54) is 0 Å². The lowest BCUT2D eigenvalue weighted by Crippen LogP contribution is -2.22. The molecule has 0 aliphatic carbocycles. The van der Waals surface area contributed by atoms with Crippen molar-refractivity contribution in [1.29, 1.82) is 0 Å². The van der Waals surface area contributed by atoms with E-state index in [-0.39, 0.29) is 13.2 Å². The summed E-state index contributed by atoms with van der Waals surface area (Å²) in [4.78, 5) is 20.7. The summed E-state index contributed by atoms with van der Waals surface area (Å²) in [5, 5.41) is 1.72. The molecule has 80 valence electrons. The van der Waals surface area contributed by atoms with E-state index in [0.29, 0.717) is 13.2 Å². The first-order valence-electron chi connectivity index (χ1n) is 3.97. The molecule has 0 aliphatic heterocycles. The van der Waals surface area contributed by atoms with Crippen LogP contribution in [0.25, 0.3) is 0 Å². The Kier molecular flexibility index (Phi) is 7.87. The quantitative estimate of drug-likeness (QED) is 0.226. The predicted molar refractivity (Wildman–Crippen MR) is 51.2 cm³/mol. The van der Waals surface area contributed by atoms with Crippen LogP contribution < -0.4 is 5.32 Å². The van der Waals surface area contributed by atoms with Crippen molar-refractivity contribution in [3.8, 4) is 0 Å². The highest BCUT2D eigenvalue weighted by atomic mass is 35.5. The maximum Gasteiger partial charge on any atom is 0.330 e. The first kappa shape index (κ1) is 12.9. The molecule has 0 saturated heterocycles. The maximum absolute atomic E-state index is 10.5. The van der Waals surface area contributed by atoms with Crippen molar-refractivity contribution in [2.45, 2.75) is 0 Å². The molecule has 0 unspecified atom stereocenters. The van der Waals surface area contributed by atoms with Gasteiger partial charge in [-0.05, 0) is 11.6 Å². The van der Waals surface area contributed by atoms with Crippen LogP contribution in [0.15, 0.2) is 12.7 Å². The molecule has 0 heterocycles. The number of esters is 1. The third-order valence-electron chi connectivity index (χ3n) is 1.15. The van der Waals surface area contributed by atoms with Crippen LogP contribution in [0, 0.1) is 0 Å². The van der Waals surface area contributed by atoms with E-state index in [2.05, 4.69) is 16.6 Å². The van der Waals surface area contributed by atoms with Gasteiger partial charge < -0.3 is 14.8 Å². The fourth-order valence-electron chi connectivity index (χ4n) is 0.584. The monoisotopic (exact) mass is 221 g/mol. The summed E-state index contributed by atoms with van der Waals surface area (Å²) in [5.41, 5.74) is 0. The second kappa shape index (κ2) is 8.52. The van der Waals surface area contributed by atoms with E-state index in [0.717, 1.165) is 6.08 Å². The molecule has 0 aromatic carbocycles. The molecule has 1 amide bonds. The Morgan fingerprint density at radius 2 is 2.07 bits per heavy atom. The van der Waals surface area contributed by atoms with Crippen LogP contribution in [-0.2, 0) is 14.3 Å². The summed E-state index contributed by atoms with van der Waals surface area (Å²) in [6.07, 6.45) is 1.08. The van der Waals surface area contributed by atoms with Gasteiger partial charge in [-0.25, -0.2) is 4.79 Å². The zero-order chi connectivity index (χ0) is 10.8. The minimum absolute atomic E-state index is 0.166. The summed E-state index contributed by atoms with van der Waals surface area (Å²) < 4.78 is 9.62. The number of halogens is 1. The average molecular weight is 222 g/mol. The van der Waals surface area contributed by atoms with Crippen LogP contribution in [0.4, 0.5) is 4.79 Å². The first-order chi connectivity index (χ1) is 6.66. The summed E-state index contributed by atoms with van der Waals surface area (Å²) in [6.45, 7) is 4.33. The van der Waals surface area contributed by atoms with Crippen molar-refractivity contribution in [2.75, 3.05) is 26.4 Å². The van der Waals surface area contributed by atoms with Crippen molar-refractivity contribution < 1.29 is 19.1 Å². The Hall–Kier alpha value is -1.07. The van der Waals surface area contributed by atoms with Gasteiger partial charge in [-0.3, -0.25) is 4.79 Å². The van der Waals surface area contributed by atoms with Crippen molar-refractivity contribution in [3.63, 3.8) is 0 Å². The molecule has 0 rings (SSSR count). The topological polar surface area (TPSA) is 64.6 Å². The molecule has 0 aromatic heterocycles. The number of carbonyl (C=O) groups excluding carboxylic acids is 2. The molecule has 0 bridgehead atoms. The van der Waals surface area contributed by atoms with E-state index in [1.54, 1.807) is 0 Å². The molecule has 0 atom stereocenters. The maximum atomic E-state index is 10.5. The lowest BCUT2D eigenvalue weighted by Gasteiger charge is -2.04. The summed E-state index contributed by atoms with van der Waals surface area (Å²) in [7, 11) is 0. The van der Waals surface area contributed by atoms with Gasteiger partial charge in [-0.15, -0.1) is 0 Å². The largest absolute Gasteiger partial charge is 0.460 e. The van der Waals surface area contributed by atoms with Crippen molar-refractivity contribution in [1.82, 2.24) is 5.32 Å². The molecule has 14 heavy (non-hydrogen) atoms. The number of hydrogen-bond donors (Lipinski definition) is 1. The molecule has 0 aromatic rings. The molecule has 1 N–H and O–H groups in total. The van der Waals surface area contributed by atoms with E-state index in [4.69, 9.17) is 16.3 Å². The molecule has 6 heteroatoms. The number of nitrogens with one attached hydrogen (secondary N) is 1. The molecular formula is C8H12ClNO4. The highest BCUT2D eigenvalue weighted by Gasteiger charge is 1.95. The van der Waals surface area contributed by atoms with Gasteiger partial charge in [0.1, 0.15) is 6.61 Å². The summed E-state index contributed by atoms with van der Waals surface area (Å²) in [5.74, 6) is -0.484. The van der Waals surface area contributed by atoms with E-state index in [1.807, 2.05) is 0 Å². The van der Waals surface area contributed by atoms with Gasteiger partial charge in [0.2, 0.25) is 0 Å².